The summed E-state index contributed by atoms with van der Waals surface area (Å²) in [5, 5.41) is 10.8. The average molecular weight is 202 g/mol. The molecule has 2 radical (unpaired) electrons. The maximum Gasteiger partial charge on any atom is 0.293 e. The third-order valence-corrected chi connectivity index (χ3v) is 1.40. The molecule has 0 unspecified atom stereocenters. The van der Waals surface area contributed by atoms with Crippen molar-refractivity contribution in [1.82, 2.24) is 5.43 Å². The zero-order valence-electron chi connectivity index (χ0n) is 9.31. The van der Waals surface area contributed by atoms with Crippen molar-refractivity contribution in [2.75, 3.05) is 7.05 Å². The van der Waals surface area contributed by atoms with Crippen LogP contribution in [-0.4, -0.2) is 20.9 Å². The molecular weight excluding hydrogens is 187 g/mol. The fourth-order valence-corrected chi connectivity index (χ4v) is 0.892. The predicted octanol–water partition coefficient (Wildman–Crippen LogP) is 2.13. The minimum Gasteiger partial charge on any atom is -0.311 e. The van der Waals surface area contributed by atoms with Crippen molar-refractivity contribution in [2.24, 2.45) is 15.2 Å². The van der Waals surface area contributed by atoms with Gasteiger partial charge in [-0.2, -0.15) is 5.10 Å². The summed E-state index contributed by atoms with van der Waals surface area (Å²) in [5.41, 5.74) is 3.50. The van der Waals surface area contributed by atoms with E-state index in [2.05, 4.69) is 20.7 Å². The lowest BCUT2D eigenvalue weighted by atomic mass is 10.2. The Balaban J connectivity index is 0.000000921. The highest BCUT2D eigenvalue weighted by Gasteiger charge is 1.98. The Morgan fingerprint density at radius 1 is 1.20 bits per heavy atom. The summed E-state index contributed by atoms with van der Waals surface area (Å²) in [6, 6.07) is 9.47. The van der Waals surface area contributed by atoms with E-state index in [-0.39, 0.29) is 0 Å². The number of hydrogen-bond acceptors (Lipinski definition) is 3. The van der Waals surface area contributed by atoms with Crippen molar-refractivity contribution >= 4 is 13.8 Å². The predicted molar refractivity (Wildman–Crippen MR) is 64.0 cm³/mol. The Kier molecular flexibility index (Phi) is 7.95. The van der Waals surface area contributed by atoms with Crippen LogP contribution in [0.25, 0.3) is 0 Å². The van der Waals surface area contributed by atoms with Gasteiger partial charge in [-0.05, 0) is 0 Å². The topological polar surface area (TPSA) is 49.1 Å². The molecule has 78 valence electrons. The zero-order chi connectivity index (χ0) is 11.5. The van der Waals surface area contributed by atoms with E-state index in [4.69, 9.17) is 7.98 Å². The summed E-state index contributed by atoms with van der Waals surface area (Å²) >= 11 is 0. The van der Waals surface area contributed by atoms with Gasteiger partial charge in [-0.1, -0.05) is 44.2 Å². The first-order chi connectivity index (χ1) is 7.38. The number of nitrogens with one attached hydrogen (secondary N) is 1. The highest BCUT2D eigenvalue weighted by Crippen LogP contribution is 2.01. The van der Waals surface area contributed by atoms with Gasteiger partial charge in [-0.15, -0.1) is 5.11 Å². The summed E-state index contributed by atoms with van der Waals surface area (Å²) in [4.78, 5) is 0. The molecule has 1 aromatic carbocycles. The molecule has 0 bridgehead atoms. The second kappa shape index (κ2) is 8.93. The lowest BCUT2D eigenvalue weighted by Gasteiger charge is -1.98. The number of hydrazone groups is 1. The molecule has 0 aliphatic heterocycles. The van der Waals surface area contributed by atoms with Gasteiger partial charge in [0.25, 0.3) is 7.98 Å². The molecule has 0 saturated carbocycles. The second-order valence-electron chi connectivity index (χ2n) is 2.24. The van der Waals surface area contributed by atoms with E-state index < -0.39 is 0 Å². The van der Waals surface area contributed by atoms with Crippen molar-refractivity contribution in [3.8, 4) is 0 Å². The summed E-state index contributed by atoms with van der Waals surface area (Å²) in [6.45, 7) is 4.00. The summed E-state index contributed by atoms with van der Waals surface area (Å²) in [5.74, 6) is 0.464. The molecule has 1 rings (SSSR count). The lowest BCUT2D eigenvalue weighted by molar-refractivity contribution is 0.895. The maximum absolute atomic E-state index is 4.95. The highest BCUT2D eigenvalue weighted by atomic mass is 15.3. The molecule has 0 atom stereocenters. The van der Waals surface area contributed by atoms with Gasteiger partial charge in [-0.3, -0.25) is 5.03 Å². The SMILES string of the molecule is CC.[B]N=N/C(=N\NC)c1ccccc1. The van der Waals surface area contributed by atoms with E-state index in [0.717, 1.165) is 5.56 Å². The smallest absolute Gasteiger partial charge is 0.293 e. The van der Waals surface area contributed by atoms with E-state index in [1.807, 2.05) is 44.2 Å². The third kappa shape index (κ3) is 4.95. The molecule has 0 aliphatic carbocycles. The number of rotatable bonds is 2. The molecule has 0 fully saturated rings. The molecule has 0 saturated heterocycles. The molecule has 0 spiro atoms. The Labute approximate surface area is 91.9 Å². The maximum atomic E-state index is 4.95. The molecule has 5 heteroatoms. The summed E-state index contributed by atoms with van der Waals surface area (Å²) in [6.07, 6.45) is 0. The fraction of sp³-hybridized carbons (Fsp3) is 0.300. The number of benzene rings is 1. The zero-order valence-corrected chi connectivity index (χ0v) is 9.31. The van der Waals surface area contributed by atoms with Crippen LogP contribution in [0.1, 0.15) is 19.4 Å². The van der Waals surface area contributed by atoms with Gasteiger partial charge in [0.05, 0.1) is 0 Å². The molecular formula is C10H15BN4. The molecule has 0 aromatic heterocycles. The number of hydrogen-bond donors (Lipinski definition) is 1. The van der Waals surface area contributed by atoms with Crippen molar-refractivity contribution in [2.45, 2.75) is 13.8 Å². The molecule has 15 heavy (non-hydrogen) atoms. The Bertz CT molecular complexity index is 308. The van der Waals surface area contributed by atoms with E-state index >= 15 is 0 Å². The van der Waals surface area contributed by atoms with Crippen LogP contribution in [0.5, 0.6) is 0 Å². The molecule has 0 amide bonds. The van der Waals surface area contributed by atoms with Crippen LogP contribution >= 0.6 is 0 Å². The first-order valence-electron chi connectivity index (χ1n) is 4.79. The van der Waals surface area contributed by atoms with Gasteiger partial charge in [0, 0.05) is 12.6 Å². The fourth-order valence-electron chi connectivity index (χ4n) is 0.892. The largest absolute Gasteiger partial charge is 0.311 e. The standard InChI is InChI=1S/C8H9BN4.C2H6/c1-10-11-8(12-13-9)7-5-3-2-4-6-7;1-2/h2-6,10H,1H3;1-2H3/b11-8-,13-12?;. The molecule has 1 aromatic rings. The molecule has 4 nitrogen and oxygen atoms in total. The van der Waals surface area contributed by atoms with Crippen molar-refractivity contribution in [1.29, 1.82) is 0 Å². The van der Waals surface area contributed by atoms with Crippen LogP contribution in [0.15, 0.2) is 45.6 Å². The van der Waals surface area contributed by atoms with Gasteiger partial charge in [-0.25, -0.2) is 0 Å². The van der Waals surface area contributed by atoms with Gasteiger partial charge in [0.2, 0.25) is 0 Å². The van der Waals surface area contributed by atoms with Crippen LogP contribution in [0.2, 0.25) is 0 Å². The van der Waals surface area contributed by atoms with Gasteiger partial charge in [0.15, 0.2) is 5.84 Å². The van der Waals surface area contributed by atoms with Gasteiger partial charge in [0.1, 0.15) is 0 Å². The van der Waals surface area contributed by atoms with Crippen LogP contribution in [-0.2, 0) is 0 Å². The number of amidine groups is 1. The second-order valence-corrected chi connectivity index (χ2v) is 2.24. The third-order valence-electron chi connectivity index (χ3n) is 1.40. The van der Waals surface area contributed by atoms with Crippen LogP contribution < -0.4 is 5.43 Å². The first-order valence-corrected chi connectivity index (χ1v) is 4.79. The number of nitrogens with zero attached hydrogens (tertiary/aromatic N) is 3. The van der Waals surface area contributed by atoms with E-state index in [1.165, 1.54) is 0 Å². The normalized spacial score (nSPS) is 10.7. The van der Waals surface area contributed by atoms with E-state index in [0.29, 0.717) is 5.84 Å². The Morgan fingerprint density at radius 3 is 2.27 bits per heavy atom. The van der Waals surface area contributed by atoms with Crippen molar-refractivity contribution in [3.63, 3.8) is 0 Å². The van der Waals surface area contributed by atoms with Crippen LogP contribution in [0, 0.1) is 0 Å². The van der Waals surface area contributed by atoms with Crippen molar-refractivity contribution < 1.29 is 0 Å². The molecule has 0 aliphatic rings. The minimum absolute atomic E-state index is 0.464. The van der Waals surface area contributed by atoms with Gasteiger partial charge < -0.3 is 5.43 Å². The summed E-state index contributed by atoms with van der Waals surface area (Å²) in [7, 11) is 6.64. The van der Waals surface area contributed by atoms with Crippen molar-refractivity contribution in [3.05, 3.63) is 35.9 Å². The first kappa shape index (κ1) is 13.4. The van der Waals surface area contributed by atoms with Crippen LogP contribution in [0.3, 0.4) is 0 Å². The summed E-state index contributed by atoms with van der Waals surface area (Å²) < 4.78 is 0. The van der Waals surface area contributed by atoms with Gasteiger partial charge >= 0.3 is 0 Å². The average Bonchev–Trinajstić information content (AvgIpc) is 2.33. The van der Waals surface area contributed by atoms with Crippen LogP contribution in [0.4, 0.5) is 0 Å². The minimum atomic E-state index is 0.464. The Morgan fingerprint density at radius 2 is 1.80 bits per heavy atom. The lowest BCUT2D eigenvalue weighted by Crippen LogP contribution is -2.04. The Hall–Kier alpha value is -1.65. The van der Waals surface area contributed by atoms with E-state index in [9.17, 15) is 0 Å². The highest BCUT2D eigenvalue weighted by molar-refractivity contribution is 6.07. The van der Waals surface area contributed by atoms with E-state index in [1.54, 1.807) is 7.05 Å². The molecule has 1 N–H and O–H groups in total. The quantitative estimate of drug-likeness (QED) is 0.258. The molecule has 0 heterocycles. The monoisotopic (exact) mass is 202 g/mol.